The van der Waals surface area contributed by atoms with Gasteiger partial charge in [-0.3, -0.25) is 0 Å². The van der Waals surface area contributed by atoms with Crippen molar-refractivity contribution in [1.82, 2.24) is 4.40 Å². The van der Waals surface area contributed by atoms with Gasteiger partial charge in [0.15, 0.2) is 0 Å². The van der Waals surface area contributed by atoms with Crippen molar-refractivity contribution in [1.29, 1.82) is 0 Å². The smallest absolute Gasteiger partial charge is 0.349 e. The Kier molecular flexibility index (Phi) is 6.85. The summed E-state index contributed by atoms with van der Waals surface area (Å²) in [5, 5.41) is 9.63. The van der Waals surface area contributed by atoms with Crippen LogP contribution in [0.1, 0.15) is 37.0 Å². The molecule has 5 aromatic rings. The Balaban J connectivity index is 1.37. The minimum atomic E-state index is -1.05. The first-order valence-electron chi connectivity index (χ1n) is 12.4. The van der Waals surface area contributed by atoms with E-state index in [1.54, 1.807) is 12.1 Å². The second-order valence-corrected chi connectivity index (χ2v) is 8.97. The summed E-state index contributed by atoms with van der Waals surface area (Å²) in [6, 6.07) is 31.6. The quantitative estimate of drug-likeness (QED) is 0.236. The van der Waals surface area contributed by atoms with Crippen molar-refractivity contribution >= 4 is 11.5 Å². The van der Waals surface area contributed by atoms with Crippen molar-refractivity contribution in [3.63, 3.8) is 0 Å². The zero-order valence-corrected chi connectivity index (χ0v) is 20.3. The van der Waals surface area contributed by atoms with Crippen molar-refractivity contribution in [2.45, 2.75) is 32.3 Å². The van der Waals surface area contributed by atoms with Crippen LogP contribution in [-0.4, -0.2) is 15.5 Å². The topological polar surface area (TPSA) is 50.9 Å². The first-order valence-corrected chi connectivity index (χ1v) is 12.4. The molecule has 4 nitrogen and oxygen atoms in total. The summed E-state index contributed by atoms with van der Waals surface area (Å²) >= 11 is 0. The average Bonchev–Trinajstić information content (AvgIpc) is 3.30. The van der Waals surface area contributed by atoms with E-state index in [2.05, 4.69) is 66.2 Å². The summed E-state index contributed by atoms with van der Waals surface area (Å²) in [7, 11) is 0. The van der Waals surface area contributed by atoms with E-state index in [-0.39, 0.29) is 0 Å². The van der Waals surface area contributed by atoms with Crippen molar-refractivity contribution in [2.24, 2.45) is 0 Å². The van der Waals surface area contributed by atoms with Gasteiger partial charge >= 0.3 is 5.97 Å². The van der Waals surface area contributed by atoms with Gasteiger partial charge in [-0.15, -0.1) is 0 Å². The number of aryl methyl sites for hydroxylation is 1. The van der Waals surface area contributed by atoms with Crippen molar-refractivity contribution in [3.8, 4) is 28.0 Å². The Morgan fingerprint density at radius 1 is 0.833 bits per heavy atom. The molecule has 1 atom stereocenters. The van der Waals surface area contributed by atoms with Crippen LogP contribution < -0.4 is 4.74 Å². The predicted octanol–water partition coefficient (Wildman–Crippen LogP) is 7.82. The number of carboxylic acid groups (broad SMARTS) is 1. The lowest BCUT2D eigenvalue weighted by Gasteiger charge is -2.16. The third-order valence-corrected chi connectivity index (χ3v) is 6.54. The molecule has 0 fully saturated rings. The van der Waals surface area contributed by atoms with Gasteiger partial charge in [-0.25, -0.2) is 4.79 Å². The number of aromatic nitrogens is 1. The van der Waals surface area contributed by atoms with Gasteiger partial charge in [-0.05, 0) is 59.4 Å². The third-order valence-electron chi connectivity index (χ3n) is 6.54. The van der Waals surface area contributed by atoms with Crippen molar-refractivity contribution in [3.05, 3.63) is 121 Å². The molecule has 1 N–H and O–H groups in total. The van der Waals surface area contributed by atoms with Gasteiger partial charge in [-0.1, -0.05) is 86.1 Å². The largest absolute Gasteiger partial charge is 0.478 e. The van der Waals surface area contributed by atoms with E-state index < -0.39 is 12.1 Å². The summed E-state index contributed by atoms with van der Waals surface area (Å²) < 4.78 is 8.02. The number of carbonyl (C=O) groups is 1. The normalized spacial score (nSPS) is 11.9. The van der Waals surface area contributed by atoms with Gasteiger partial charge in [0.05, 0.1) is 0 Å². The van der Waals surface area contributed by atoms with Crippen LogP contribution in [0, 0.1) is 0 Å². The number of pyridine rings is 1. The molecule has 5 rings (SSSR count). The first-order chi connectivity index (χ1) is 17.6. The molecular formula is C32H29NO3. The molecule has 2 aromatic heterocycles. The highest BCUT2D eigenvalue weighted by atomic mass is 16.5. The minimum Gasteiger partial charge on any atom is -0.478 e. The van der Waals surface area contributed by atoms with Crippen molar-refractivity contribution in [2.75, 3.05) is 0 Å². The van der Waals surface area contributed by atoms with Crippen LogP contribution in [0.4, 0.5) is 0 Å². The van der Waals surface area contributed by atoms with Crippen LogP contribution in [0.25, 0.3) is 27.8 Å². The molecule has 0 saturated carbocycles. The fraction of sp³-hybridized carbons (Fsp3) is 0.156. The van der Waals surface area contributed by atoms with Crippen molar-refractivity contribution < 1.29 is 14.6 Å². The standard InChI is InChI=1S/C32H29NO3/c1-2-3-11-28-29(22-33-21-8-7-12-30(28)33)25-15-13-23(14-16-25)24-17-19-27(20-18-24)36-31(32(34)35)26-9-5-4-6-10-26/h4-10,12-22,31H,2-3,11H2,1H3,(H,34,35). The van der Waals surface area contributed by atoms with Gasteiger partial charge in [0.2, 0.25) is 6.10 Å². The summed E-state index contributed by atoms with van der Waals surface area (Å²) in [4.78, 5) is 11.8. The van der Waals surface area contributed by atoms with E-state index in [1.165, 1.54) is 35.0 Å². The Morgan fingerprint density at radius 2 is 1.47 bits per heavy atom. The van der Waals surface area contributed by atoms with Gasteiger partial charge in [0.1, 0.15) is 5.75 Å². The molecule has 0 spiro atoms. The number of fused-ring (bicyclic) bond motifs is 1. The van der Waals surface area contributed by atoms with Gasteiger partial charge < -0.3 is 14.2 Å². The van der Waals surface area contributed by atoms with E-state index in [0.717, 1.165) is 17.5 Å². The van der Waals surface area contributed by atoms with Crippen LogP contribution in [0.3, 0.4) is 0 Å². The minimum absolute atomic E-state index is 0.521. The second kappa shape index (κ2) is 10.5. The SMILES string of the molecule is CCCCc1c(-c2ccc(-c3ccc(OC(C(=O)O)c4ccccc4)cc3)cc2)cn2ccccc12. The fourth-order valence-corrected chi connectivity index (χ4v) is 4.64. The number of benzene rings is 3. The summed E-state index contributed by atoms with van der Waals surface area (Å²) in [5.41, 5.74) is 7.93. The molecule has 4 heteroatoms. The zero-order valence-electron chi connectivity index (χ0n) is 20.3. The number of hydrogen-bond donors (Lipinski definition) is 1. The third kappa shape index (κ3) is 4.89. The van der Waals surface area contributed by atoms with Crippen LogP contribution in [0.5, 0.6) is 5.75 Å². The lowest BCUT2D eigenvalue weighted by Crippen LogP contribution is -2.18. The number of unbranched alkanes of at least 4 members (excludes halogenated alkanes) is 1. The van der Waals surface area contributed by atoms with Crippen LogP contribution >= 0.6 is 0 Å². The number of ether oxygens (including phenoxy) is 1. The maximum absolute atomic E-state index is 11.8. The predicted molar refractivity (Wildman–Crippen MR) is 144 cm³/mol. The maximum Gasteiger partial charge on any atom is 0.349 e. The average molecular weight is 476 g/mol. The highest BCUT2D eigenvalue weighted by molar-refractivity contribution is 5.79. The fourth-order valence-electron chi connectivity index (χ4n) is 4.64. The summed E-state index contributed by atoms with van der Waals surface area (Å²) in [6.07, 6.45) is 6.69. The molecule has 36 heavy (non-hydrogen) atoms. The molecule has 0 aliphatic heterocycles. The number of rotatable bonds is 9. The molecule has 0 amide bonds. The first kappa shape index (κ1) is 23.4. The number of aliphatic carboxylic acids is 1. The number of carboxylic acids is 1. The molecule has 0 bridgehead atoms. The molecule has 0 aliphatic rings. The van der Waals surface area contributed by atoms with E-state index >= 15 is 0 Å². The summed E-state index contributed by atoms with van der Waals surface area (Å²) in [5.74, 6) is -0.495. The van der Waals surface area contributed by atoms with E-state index in [9.17, 15) is 9.90 Å². The molecule has 0 saturated heterocycles. The van der Waals surface area contributed by atoms with Crippen LogP contribution in [0.2, 0.25) is 0 Å². The highest BCUT2D eigenvalue weighted by Crippen LogP contribution is 2.32. The monoisotopic (exact) mass is 475 g/mol. The van der Waals surface area contributed by atoms with Gasteiger partial charge in [0.25, 0.3) is 0 Å². The number of nitrogens with zero attached hydrogens (tertiary/aromatic N) is 1. The van der Waals surface area contributed by atoms with Gasteiger partial charge in [0, 0.05) is 29.0 Å². The second-order valence-electron chi connectivity index (χ2n) is 8.97. The molecule has 3 aromatic carbocycles. The molecular weight excluding hydrogens is 446 g/mol. The van der Waals surface area contributed by atoms with Crippen LogP contribution in [-0.2, 0) is 11.2 Å². The summed E-state index contributed by atoms with van der Waals surface area (Å²) in [6.45, 7) is 2.23. The Morgan fingerprint density at radius 3 is 2.14 bits per heavy atom. The Hall–Kier alpha value is -4.31. The van der Waals surface area contributed by atoms with E-state index in [1.807, 2.05) is 42.5 Å². The Bertz CT molecular complexity index is 1450. The lowest BCUT2D eigenvalue weighted by molar-refractivity contribution is -0.145. The number of hydrogen-bond acceptors (Lipinski definition) is 2. The molecule has 2 heterocycles. The van der Waals surface area contributed by atoms with E-state index in [4.69, 9.17) is 4.74 Å². The lowest BCUT2D eigenvalue weighted by atomic mass is 9.97. The zero-order chi connectivity index (χ0) is 24.9. The van der Waals surface area contributed by atoms with Gasteiger partial charge in [-0.2, -0.15) is 0 Å². The van der Waals surface area contributed by atoms with E-state index in [0.29, 0.717) is 11.3 Å². The molecule has 0 radical (unpaired) electrons. The van der Waals surface area contributed by atoms with Crippen LogP contribution in [0.15, 0.2) is 109 Å². The molecule has 180 valence electrons. The molecule has 0 aliphatic carbocycles. The maximum atomic E-state index is 11.8. The Labute approximate surface area is 211 Å². The highest BCUT2D eigenvalue weighted by Gasteiger charge is 2.21. The molecule has 1 unspecified atom stereocenters.